The summed E-state index contributed by atoms with van der Waals surface area (Å²) in [7, 11) is 0. The summed E-state index contributed by atoms with van der Waals surface area (Å²) in [4.78, 5) is 22.3. The monoisotopic (exact) mass is 324 g/mol. The summed E-state index contributed by atoms with van der Waals surface area (Å²) in [5.74, 6) is -0.673. The lowest BCUT2D eigenvalue weighted by Gasteiger charge is -2.07. The summed E-state index contributed by atoms with van der Waals surface area (Å²) < 4.78 is 5.04. The van der Waals surface area contributed by atoms with Crippen LogP contribution >= 0.6 is 0 Å². The van der Waals surface area contributed by atoms with E-state index in [2.05, 4.69) is 5.32 Å². The smallest absolute Gasteiger partial charge is 0.341 e. The maximum absolute atomic E-state index is 11.9. The number of rotatable bonds is 7. The number of nitriles is 1. The molecule has 0 aliphatic carbocycles. The molecule has 0 saturated heterocycles. The lowest BCUT2D eigenvalue weighted by atomic mass is 10.1. The number of ether oxygens (including phenoxy) is 1. The van der Waals surface area contributed by atoms with E-state index in [0.29, 0.717) is 29.8 Å². The number of benzene rings is 2. The Kier molecular flexibility index (Phi) is 5.92. The number of carboxylic acids is 1. The summed E-state index contributed by atoms with van der Waals surface area (Å²) in [6.45, 7) is -0.383. The number of carbonyl (C=O) groups is 2. The van der Waals surface area contributed by atoms with Gasteiger partial charge in [-0.25, -0.2) is 4.79 Å². The minimum Gasteiger partial charge on any atom is -0.482 e. The van der Waals surface area contributed by atoms with Crippen LogP contribution in [0, 0.1) is 11.3 Å². The SMILES string of the molecule is N#Cc1ccc(NC(=O)CCc2ccc(OCC(=O)O)cc2)cc1. The predicted molar refractivity (Wildman–Crippen MR) is 87.7 cm³/mol. The van der Waals surface area contributed by atoms with Crippen molar-refractivity contribution in [2.75, 3.05) is 11.9 Å². The Bertz CT molecular complexity index is 746. The Morgan fingerprint density at radius 3 is 2.33 bits per heavy atom. The minimum absolute atomic E-state index is 0.120. The number of amides is 1. The Hall–Kier alpha value is -3.33. The second kappa shape index (κ2) is 8.34. The number of carbonyl (C=O) groups excluding carboxylic acids is 1. The Balaban J connectivity index is 1.80. The molecule has 2 rings (SSSR count). The van der Waals surface area contributed by atoms with Gasteiger partial charge in [0.1, 0.15) is 5.75 Å². The summed E-state index contributed by atoms with van der Waals surface area (Å²) in [6.07, 6.45) is 0.872. The number of hydrogen-bond donors (Lipinski definition) is 2. The second-order valence-corrected chi connectivity index (χ2v) is 5.06. The van der Waals surface area contributed by atoms with E-state index in [4.69, 9.17) is 15.1 Å². The molecule has 0 atom stereocenters. The summed E-state index contributed by atoms with van der Waals surface area (Å²) in [5, 5.41) is 20.0. The molecule has 0 saturated carbocycles. The molecule has 0 radical (unpaired) electrons. The van der Waals surface area contributed by atoms with E-state index in [1.54, 1.807) is 48.5 Å². The Morgan fingerprint density at radius 2 is 1.75 bits per heavy atom. The van der Waals surface area contributed by atoms with E-state index in [1.165, 1.54) is 0 Å². The summed E-state index contributed by atoms with van der Waals surface area (Å²) >= 11 is 0. The zero-order valence-electron chi connectivity index (χ0n) is 12.9. The highest BCUT2D eigenvalue weighted by atomic mass is 16.5. The fourth-order valence-corrected chi connectivity index (χ4v) is 2.01. The molecule has 0 bridgehead atoms. The molecule has 2 aromatic rings. The van der Waals surface area contributed by atoms with Gasteiger partial charge in [-0.15, -0.1) is 0 Å². The molecule has 0 unspecified atom stereocenters. The van der Waals surface area contributed by atoms with Gasteiger partial charge >= 0.3 is 5.97 Å². The highest BCUT2D eigenvalue weighted by Crippen LogP contribution is 2.14. The number of nitrogens with zero attached hydrogens (tertiary/aromatic N) is 1. The van der Waals surface area contributed by atoms with Crippen LogP contribution in [-0.4, -0.2) is 23.6 Å². The highest BCUT2D eigenvalue weighted by molar-refractivity contribution is 5.90. The zero-order valence-corrected chi connectivity index (χ0v) is 12.9. The maximum Gasteiger partial charge on any atom is 0.341 e. The van der Waals surface area contributed by atoms with E-state index >= 15 is 0 Å². The quantitative estimate of drug-likeness (QED) is 0.815. The van der Waals surface area contributed by atoms with Crippen LogP contribution in [0.3, 0.4) is 0 Å². The molecule has 2 N–H and O–H groups in total. The highest BCUT2D eigenvalue weighted by Gasteiger charge is 2.04. The molecular weight excluding hydrogens is 308 g/mol. The minimum atomic E-state index is -1.03. The first-order chi connectivity index (χ1) is 11.6. The third-order valence-electron chi connectivity index (χ3n) is 3.22. The van der Waals surface area contributed by atoms with Crippen molar-refractivity contribution in [2.24, 2.45) is 0 Å². The first-order valence-electron chi connectivity index (χ1n) is 7.30. The number of aryl methyl sites for hydroxylation is 1. The molecule has 0 heterocycles. The third kappa shape index (κ3) is 5.46. The molecule has 1 amide bonds. The Morgan fingerprint density at radius 1 is 1.08 bits per heavy atom. The number of aliphatic carboxylic acids is 1. The van der Waals surface area contributed by atoms with Crippen molar-refractivity contribution in [3.63, 3.8) is 0 Å². The third-order valence-corrected chi connectivity index (χ3v) is 3.22. The average Bonchev–Trinajstić information content (AvgIpc) is 2.59. The number of anilines is 1. The van der Waals surface area contributed by atoms with Crippen LogP contribution in [0.4, 0.5) is 5.69 Å². The second-order valence-electron chi connectivity index (χ2n) is 5.06. The van der Waals surface area contributed by atoms with Crippen LogP contribution in [0.15, 0.2) is 48.5 Å². The van der Waals surface area contributed by atoms with Crippen molar-refractivity contribution in [2.45, 2.75) is 12.8 Å². The van der Waals surface area contributed by atoms with Gasteiger partial charge in [-0.2, -0.15) is 5.26 Å². The van der Waals surface area contributed by atoms with Crippen LogP contribution in [0.25, 0.3) is 0 Å². The molecule has 0 fully saturated rings. The zero-order chi connectivity index (χ0) is 17.4. The molecule has 6 nitrogen and oxygen atoms in total. The molecule has 2 aromatic carbocycles. The lowest BCUT2D eigenvalue weighted by Crippen LogP contribution is -2.12. The van der Waals surface area contributed by atoms with Gasteiger partial charge in [0.05, 0.1) is 11.6 Å². The fourth-order valence-electron chi connectivity index (χ4n) is 2.01. The molecule has 0 aliphatic rings. The van der Waals surface area contributed by atoms with Gasteiger partial charge < -0.3 is 15.2 Å². The number of carboxylic acid groups (broad SMARTS) is 1. The van der Waals surface area contributed by atoms with Crippen LogP contribution in [0.2, 0.25) is 0 Å². The van der Waals surface area contributed by atoms with Crippen molar-refractivity contribution >= 4 is 17.6 Å². The largest absolute Gasteiger partial charge is 0.482 e. The van der Waals surface area contributed by atoms with Gasteiger partial charge in [-0.05, 0) is 48.4 Å². The normalized spacial score (nSPS) is 9.79. The van der Waals surface area contributed by atoms with Gasteiger partial charge in [-0.1, -0.05) is 12.1 Å². The van der Waals surface area contributed by atoms with Crippen molar-refractivity contribution < 1.29 is 19.4 Å². The topological polar surface area (TPSA) is 99.4 Å². The van der Waals surface area contributed by atoms with Crippen molar-refractivity contribution in [3.05, 3.63) is 59.7 Å². The van der Waals surface area contributed by atoms with Crippen LogP contribution in [-0.2, 0) is 16.0 Å². The molecule has 0 aliphatic heterocycles. The maximum atomic E-state index is 11.9. The van der Waals surface area contributed by atoms with Crippen LogP contribution < -0.4 is 10.1 Å². The van der Waals surface area contributed by atoms with Crippen molar-refractivity contribution in [1.82, 2.24) is 0 Å². The van der Waals surface area contributed by atoms with Gasteiger partial charge in [0.2, 0.25) is 5.91 Å². The first kappa shape index (κ1) is 17.0. The van der Waals surface area contributed by atoms with E-state index < -0.39 is 5.97 Å². The van der Waals surface area contributed by atoms with Crippen molar-refractivity contribution in [3.8, 4) is 11.8 Å². The van der Waals surface area contributed by atoms with Crippen LogP contribution in [0.5, 0.6) is 5.75 Å². The number of nitrogens with one attached hydrogen (secondary N) is 1. The fraction of sp³-hybridized carbons (Fsp3) is 0.167. The average molecular weight is 324 g/mol. The standard InChI is InChI=1S/C18H16N2O4/c19-11-14-1-6-15(7-2-14)20-17(21)10-5-13-3-8-16(9-4-13)24-12-18(22)23/h1-4,6-9H,5,10,12H2,(H,20,21)(H,22,23). The van der Waals surface area contributed by atoms with E-state index in [-0.39, 0.29) is 12.5 Å². The Labute approximate surface area is 139 Å². The summed E-state index contributed by atoms with van der Waals surface area (Å²) in [6, 6.07) is 15.6. The van der Waals surface area contributed by atoms with Gasteiger partial charge in [0, 0.05) is 12.1 Å². The van der Waals surface area contributed by atoms with Crippen LogP contribution in [0.1, 0.15) is 17.5 Å². The molecule has 6 heteroatoms. The van der Waals surface area contributed by atoms with E-state index in [9.17, 15) is 9.59 Å². The first-order valence-corrected chi connectivity index (χ1v) is 7.30. The van der Waals surface area contributed by atoms with E-state index in [0.717, 1.165) is 5.56 Å². The molecule has 24 heavy (non-hydrogen) atoms. The molecule has 0 spiro atoms. The molecule has 0 aromatic heterocycles. The predicted octanol–water partition coefficient (Wildman–Crippen LogP) is 2.59. The molecular formula is C18H16N2O4. The summed E-state index contributed by atoms with van der Waals surface area (Å²) in [5.41, 5.74) is 2.14. The number of hydrogen-bond acceptors (Lipinski definition) is 4. The van der Waals surface area contributed by atoms with Gasteiger partial charge in [0.15, 0.2) is 6.61 Å². The lowest BCUT2D eigenvalue weighted by molar-refractivity contribution is -0.139. The van der Waals surface area contributed by atoms with Gasteiger partial charge in [-0.3, -0.25) is 4.79 Å². The van der Waals surface area contributed by atoms with Gasteiger partial charge in [0.25, 0.3) is 0 Å². The van der Waals surface area contributed by atoms with Crippen molar-refractivity contribution in [1.29, 1.82) is 5.26 Å². The van der Waals surface area contributed by atoms with E-state index in [1.807, 2.05) is 6.07 Å². The molecule has 122 valence electrons.